The Kier molecular flexibility index (Phi) is 4.87. The molecule has 2 aromatic heterocycles. The van der Waals surface area contributed by atoms with Gasteiger partial charge in [0.2, 0.25) is 0 Å². The molecule has 0 radical (unpaired) electrons. The first-order chi connectivity index (χ1) is 14.8. The lowest BCUT2D eigenvalue weighted by Gasteiger charge is -2.04. The van der Waals surface area contributed by atoms with Crippen molar-refractivity contribution in [2.45, 2.75) is 6.61 Å². The highest BCUT2D eigenvalue weighted by molar-refractivity contribution is 7.20. The van der Waals surface area contributed by atoms with Gasteiger partial charge in [-0.15, -0.1) is 11.3 Å². The average Bonchev–Trinajstić information content (AvgIpc) is 3.43. The van der Waals surface area contributed by atoms with Gasteiger partial charge in [-0.05, 0) is 29.7 Å². The lowest BCUT2D eigenvalue weighted by Crippen LogP contribution is -2.03. The molecule has 0 unspecified atom stereocenters. The molecule has 3 aromatic carbocycles. The zero-order valence-corrected chi connectivity index (χ0v) is 16.9. The number of benzene rings is 3. The van der Waals surface area contributed by atoms with Gasteiger partial charge < -0.3 is 4.74 Å². The van der Waals surface area contributed by atoms with E-state index in [2.05, 4.69) is 0 Å². The van der Waals surface area contributed by atoms with Crippen molar-refractivity contribution in [3.8, 4) is 16.9 Å². The van der Waals surface area contributed by atoms with E-state index in [4.69, 9.17) is 9.84 Å². The van der Waals surface area contributed by atoms with Crippen molar-refractivity contribution in [1.82, 2.24) is 9.78 Å². The monoisotopic (exact) mass is 410 g/mol. The smallest absolute Gasteiger partial charge is 0.348 e. The maximum Gasteiger partial charge on any atom is 0.348 e. The number of nitrogens with zero attached hydrogens (tertiary/aromatic N) is 2. The molecule has 5 heteroatoms. The minimum atomic E-state index is -0.317. The number of carbonyl (C=O) groups excluding carboxylic acids is 1. The van der Waals surface area contributed by atoms with Crippen LogP contribution >= 0.6 is 11.3 Å². The number of esters is 1. The number of para-hydroxylation sites is 1. The molecule has 0 saturated carbocycles. The molecule has 0 aliphatic rings. The van der Waals surface area contributed by atoms with Gasteiger partial charge >= 0.3 is 5.97 Å². The molecule has 146 valence electrons. The van der Waals surface area contributed by atoms with E-state index in [1.54, 1.807) is 0 Å². The normalized spacial score (nSPS) is 10.9. The molecular weight excluding hydrogens is 392 g/mol. The third-order valence-corrected chi connectivity index (χ3v) is 5.94. The van der Waals surface area contributed by atoms with Crippen LogP contribution in [0.5, 0.6) is 0 Å². The highest BCUT2D eigenvalue weighted by atomic mass is 32.1. The second-order valence-electron chi connectivity index (χ2n) is 6.87. The number of ether oxygens (including phenoxy) is 1. The molecule has 0 N–H and O–H groups in total. The van der Waals surface area contributed by atoms with Gasteiger partial charge in [0.15, 0.2) is 0 Å². The van der Waals surface area contributed by atoms with E-state index in [-0.39, 0.29) is 12.6 Å². The summed E-state index contributed by atoms with van der Waals surface area (Å²) < 4.78 is 8.57. The second kappa shape index (κ2) is 7.97. The summed E-state index contributed by atoms with van der Waals surface area (Å²) in [6.07, 6.45) is 1.93. The van der Waals surface area contributed by atoms with E-state index in [1.165, 1.54) is 11.3 Å². The number of rotatable bonds is 5. The Labute approximate surface area is 178 Å². The summed E-state index contributed by atoms with van der Waals surface area (Å²) in [6.45, 7) is 0.157. The topological polar surface area (TPSA) is 44.1 Å². The van der Waals surface area contributed by atoms with Crippen LogP contribution in [0, 0.1) is 0 Å². The van der Waals surface area contributed by atoms with Crippen molar-refractivity contribution in [1.29, 1.82) is 0 Å². The molecule has 0 amide bonds. The molecular formula is C25H18N2O2S. The summed E-state index contributed by atoms with van der Waals surface area (Å²) >= 11 is 1.45. The van der Waals surface area contributed by atoms with Gasteiger partial charge in [0.05, 0.1) is 11.4 Å². The molecule has 0 bridgehead atoms. The van der Waals surface area contributed by atoms with Gasteiger partial charge in [0, 0.05) is 22.0 Å². The summed E-state index contributed by atoms with van der Waals surface area (Å²) in [4.78, 5) is 13.3. The number of fused-ring (bicyclic) bond motifs is 1. The van der Waals surface area contributed by atoms with Crippen molar-refractivity contribution in [2.24, 2.45) is 0 Å². The fourth-order valence-electron chi connectivity index (χ4n) is 3.36. The summed E-state index contributed by atoms with van der Waals surface area (Å²) in [6, 6.07) is 29.7. The SMILES string of the molecule is O=C(OCc1cn(-c2ccccc2)nc1-c1ccccc1)c1cc2ccccc2s1. The molecule has 5 rings (SSSR count). The van der Waals surface area contributed by atoms with Crippen LogP contribution < -0.4 is 0 Å². The molecule has 4 nitrogen and oxygen atoms in total. The van der Waals surface area contributed by atoms with E-state index in [1.807, 2.05) is 102 Å². The molecule has 30 heavy (non-hydrogen) atoms. The van der Waals surface area contributed by atoms with Gasteiger partial charge in [-0.2, -0.15) is 5.10 Å². The minimum Gasteiger partial charge on any atom is -0.456 e. The lowest BCUT2D eigenvalue weighted by atomic mass is 10.1. The zero-order valence-electron chi connectivity index (χ0n) is 16.1. The molecule has 0 saturated heterocycles. The summed E-state index contributed by atoms with van der Waals surface area (Å²) in [5.74, 6) is -0.317. The van der Waals surface area contributed by atoms with Gasteiger partial charge in [0.25, 0.3) is 0 Å². The van der Waals surface area contributed by atoms with E-state index < -0.39 is 0 Å². The fourth-order valence-corrected chi connectivity index (χ4v) is 4.32. The highest BCUT2D eigenvalue weighted by Crippen LogP contribution is 2.28. The van der Waals surface area contributed by atoms with Gasteiger partial charge in [-0.25, -0.2) is 9.48 Å². The molecule has 0 aliphatic carbocycles. The van der Waals surface area contributed by atoms with Gasteiger partial charge in [0.1, 0.15) is 11.5 Å². The minimum absolute atomic E-state index is 0.157. The number of hydrogen-bond acceptors (Lipinski definition) is 4. The fraction of sp³-hybridized carbons (Fsp3) is 0.0400. The Morgan fingerprint density at radius 1 is 0.900 bits per heavy atom. The van der Waals surface area contributed by atoms with Gasteiger partial charge in [-0.1, -0.05) is 66.7 Å². The molecule has 0 atom stereocenters. The van der Waals surface area contributed by atoms with Crippen LogP contribution in [0.1, 0.15) is 15.2 Å². The predicted octanol–water partition coefficient (Wildman–Crippen LogP) is 6.11. The van der Waals surface area contributed by atoms with Gasteiger partial charge in [-0.3, -0.25) is 0 Å². The predicted molar refractivity (Wildman–Crippen MR) is 120 cm³/mol. The highest BCUT2D eigenvalue weighted by Gasteiger charge is 2.16. The Morgan fingerprint density at radius 2 is 1.60 bits per heavy atom. The zero-order chi connectivity index (χ0) is 20.3. The van der Waals surface area contributed by atoms with E-state index in [9.17, 15) is 4.79 Å². The molecule has 2 heterocycles. The van der Waals surface area contributed by atoms with Crippen molar-refractivity contribution < 1.29 is 9.53 Å². The summed E-state index contributed by atoms with van der Waals surface area (Å²) in [5.41, 5.74) is 3.61. The number of hydrogen-bond donors (Lipinski definition) is 0. The molecule has 0 fully saturated rings. The first-order valence-corrected chi connectivity index (χ1v) is 10.4. The maximum absolute atomic E-state index is 12.7. The summed E-state index contributed by atoms with van der Waals surface area (Å²) in [5, 5.41) is 5.82. The third kappa shape index (κ3) is 3.63. The average molecular weight is 410 g/mol. The van der Waals surface area contributed by atoms with Crippen LogP contribution in [-0.2, 0) is 11.3 Å². The van der Waals surface area contributed by atoms with Crippen molar-refractivity contribution in [3.05, 3.63) is 108 Å². The van der Waals surface area contributed by atoms with Crippen molar-refractivity contribution in [2.75, 3.05) is 0 Å². The van der Waals surface area contributed by atoms with Crippen LogP contribution in [0.15, 0.2) is 97.2 Å². The van der Waals surface area contributed by atoms with Crippen molar-refractivity contribution >= 4 is 27.4 Å². The first-order valence-electron chi connectivity index (χ1n) is 9.63. The third-order valence-electron chi connectivity index (χ3n) is 4.84. The van der Waals surface area contributed by atoms with Crippen LogP contribution in [-0.4, -0.2) is 15.7 Å². The first kappa shape index (κ1) is 18.3. The second-order valence-corrected chi connectivity index (χ2v) is 7.96. The standard InChI is InChI=1S/C25H18N2O2S/c28-25(23-15-19-11-7-8-14-22(19)30-23)29-17-20-16-27(21-12-5-2-6-13-21)26-24(20)18-9-3-1-4-10-18/h1-16H,17H2. The Morgan fingerprint density at radius 3 is 2.37 bits per heavy atom. The maximum atomic E-state index is 12.7. The largest absolute Gasteiger partial charge is 0.456 e. The van der Waals surface area contributed by atoms with Crippen LogP contribution in [0.2, 0.25) is 0 Å². The molecule has 5 aromatic rings. The summed E-state index contributed by atoms with van der Waals surface area (Å²) in [7, 11) is 0. The number of aromatic nitrogens is 2. The Bertz CT molecular complexity index is 1270. The van der Waals surface area contributed by atoms with Crippen LogP contribution in [0.3, 0.4) is 0 Å². The Hall–Kier alpha value is -3.70. The lowest BCUT2D eigenvalue weighted by molar-refractivity contribution is 0.0479. The van der Waals surface area contributed by atoms with E-state index in [0.29, 0.717) is 4.88 Å². The number of thiophene rings is 1. The van der Waals surface area contributed by atoms with Crippen molar-refractivity contribution in [3.63, 3.8) is 0 Å². The molecule has 0 spiro atoms. The number of carbonyl (C=O) groups is 1. The molecule has 0 aliphatic heterocycles. The van der Waals surface area contributed by atoms with E-state index in [0.717, 1.165) is 32.6 Å². The van der Waals surface area contributed by atoms with Crippen LogP contribution in [0.4, 0.5) is 0 Å². The quantitative estimate of drug-likeness (QED) is 0.328. The van der Waals surface area contributed by atoms with Crippen LogP contribution in [0.25, 0.3) is 27.0 Å². The van der Waals surface area contributed by atoms with E-state index >= 15 is 0 Å². The Balaban J connectivity index is 1.44.